The standard InChI is InChI=1S/C17H23N3O/c1-13(19-12-14-5-4-10-18-11-14)17(21)15-6-8-16(9-7-15)20(2)3/h4-11,13,17,19,21H,12H2,1-3H3. The van der Waals surface area contributed by atoms with Crippen LogP contribution in [0.15, 0.2) is 48.8 Å². The largest absolute Gasteiger partial charge is 0.387 e. The summed E-state index contributed by atoms with van der Waals surface area (Å²) >= 11 is 0. The summed E-state index contributed by atoms with van der Waals surface area (Å²) in [7, 11) is 4.01. The van der Waals surface area contributed by atoms with Crippen molar-refractivity contribution in [1.82, 2.24) is 10.3 Å². The Kier molecular flexibility index (Phi) is 5.31. The average molecular weight is 285 g/mol. The van der Waals surface area contributed by atoms with Gasteiger partial charge < -0.3 is 15.3 Å². The van der Waals surface area contributed by atoms with E-state index in [1.807, 2.05) is 68.5 Å². The second-order valence-electron chi connectivity index (χ2n) is 5.46. The van der Waals surface area contributed by atoms with Crippen molar-refractivity contribution in [2.45, 2.75) is 25.6 Å². The molecule has 1 heterocycles. The maximum absolute atomic E-state index is 10.4. The van der Waals surface area contributed by atoms with E-state index in [0.29, 0.717) is 6.54 Å². The number of anilines is 1. The van der Waals surface area contributed by atoms with Crippen molar-refractivity contribution in [1.29, 1.82) is 0 Å². The fraction of sp³-hybridized carbons (Fsp3) is 0.353. The SMILES string of the molecule is CC(NCc1cccnc1)C(O)c1ccc(N(C)C)cc1. The molecule has 0 amide bonds. The van der Waals surface area contributed by atoms with Gasteiger partial charge in [-0.3, -0.25) is 4.98 Å². The zero-order valence-corrected chi connectivity index (χ0v) is 12.8. The van der Waals surface area contributed by atoms with Crippen molar-refractivity contribution >= 4 is 5.69 Å². The Morgan fingerprint density at radius 1 is 1.19 bits per heavy atom. The molecule has 21 heavy (non-hydrogen) atoms. The maximum atomic E-state index is 10.4. The van der Waals surface area contributed by atoms with E-state index in [9.17, 15) is 5.11 Å². The van der Waals surface area contributed by atoms with E-state index in [1.165, 1.54) is 0 Å². The quantitative estimate of drug-likeness (QED) is 0.855. The maximum Gasteiger partial charge on any atom is 0.0940 e. The Morgan fingerprint density at radius 2 is 1.90 bits per heavy atom. The van der Waals surface area contributed by atoms with Gasteiger partial charge in [-0.15, -0.1) is 0 Å². The molecule has 0 aliphatic rings. The van der Waals surface area contributed by atoms with Crippen LogP contribution in [0.2, 0.25) is 0 Å². The molecule has 1 aromatic carbocycles. The highest BCUT2D eigenvalue weighted by Crippen LogP contribution is 2.20. The van der Waals surface area contributed by atoms with Crippen LogP contribution in [0.4, 0.5) is 5.69 Å². The molecule has 0 saturated carbocycles. The molecule has 1 aromatic heterocycles. The first-order valence-corrected chi connectivity index (χ1v) is 7.15. The first kappa shape index (κ1) is 15.5. The third-order valence-corrected chi connectivity index (χ3v) is 3.58. The number of aromatic nitrogens is 1. The Hall–Kier alpha value is -1.91. The second-order valence-corrected chi connectivity index (χ2v) is 5.46. The zero-order chi connectivity index (χ0) is 15.2. The van der Waals surface area contributed by atoms with Crippen molar-refractivity contribution in [3.8, 4) is 0 Å². The van der Waals surface area contributed by atoms with Crippen LogP contribution >= 0.6 is 0 Å². The van der Waals surface area contributed by atoms with Crippen LogP contribution in [-0.4, -0.2) is 30.2 Å². The van der Waals surface area contributed by atoms with Crippen molar-refractivity contribution in [2.75, 3.05) is 19.0 Å². The van der Waals surface area contributed by atoms with Gasteiger partial charge in [-0.25, -0.2) is 0 Å². The van der Waals surface area contributed by atoms with Crippen molar-refractivity contribution in [3.05, 3.63) is 59.9 Å². The van der Waals surface area contributed by atoms with E-state index in [-0.39, 0.29) is 6.04 Å². The summed E-state index contributed by atoms with van der Waals surface area (Å²) in [4.78, 5) is 6.13. The Morgan fingerprint density at radius 3 is 2.48 bits per heavy atom. The van der Waals surface area contributed by atoms with Gasteiger partial charge in [0.15, 0.2) is 0 Å². The predicted molar refractivity (Wildman–Crippen MR) is 86.3 cm³/mol. The van der Waals surface area contributed by atoms with E-state index in [2.05, 4.69) is 10.3 Å². The highest BCUT2D eigenvalue weighted by Gasteiger charge is 2.15. The molecule has 0 saturated heterocycles. The fourth-order valence-electron chi connectivity index (χ4n) is 2.15. The summed E-state index contributed by atoms with van der Waals surface area (Å²) in [5.74, 6) is 0. The summed E-state index contributed by atoms with van der Waals surface area (Å²) in [6, 6.07) is 11.9. The molecule has 2 rings (SSSR count). The monoisotopic (exact) mass is 285 g/mol. The van der Waals surface area contributed by atoms with Gasteiger partial charge in [0.05, 0.1) is 6.10 Å². The highest BCUT2D eigenvalue weighted by atomic mass is 16.3. The highest BCUT2D eigenvalue weighted by molar-refractivity contribution is 5.46. The van der Waals surface area contributed by atoms with E-state index in [1.54, 1.807) is 6.20 Å². The van der Waals surface area contributed by atoms with Crippen molar-refractivity contribution in [2.24, 2.45) is 0 Å². The van der Waals surface area contributed by atoms with Crippen LogP contribution in [0, 0.1) is 0 Å². The zero-order valence-electron chi connectivity index (χ0n) is 12.8. The number of hydrogen-bond acceptors (Lipinski definition) is 4. The number of rotatable bonds is 6. The van der Waals surface area contributed by atoms with E-state index >= 15 is 0 Å². The van der Waals surface area contributed by atoms with Gasteiger partial charge in [0, 0.05) is 44.8 Å². The minimum absolute atomic E-state index is 0.0320. The Labute approximate surface area is 126 Å². The number of aliphatic hydroxyl groups is 1. The lowest BCUT2D eigenvalue weighted by molar-refractivity contribution is 0.135. The van der Waals surface area contributed by atoms with E-state index in [4.69, 9.17) is 0 Å². The average Bonchev–Trinajstić information content (AvgIpc) is 2.53. The van der Waals surface area contributed by atoms with Crippen molar-refractivity contribution in [3.63, 3.8) is 0 Å². The number of aliphatic hydroxyl groups excluding tert-OH is 1. The van der Waals surface area contributed by atoms with Gasteiger partial charge in [0.2, 0.25) is 0 Å². The Balaban J connectivity index is 1.93. The number of pyridine rings is 1. The summed E-state index contributed by atoms with van der Waals surface area (Å²) in [5, 5.41) is 13.7. The summed E-state index contributed by atoms with van der Waals surface area (Å²) in [5.41, 5.74) is 3.16. The van der Waals surface area contributed by atoms with E-state index in [0.717, 1.165) is 16.8 Å². The van der Waals surface area contributed by atoms with Gasteiger partial charge in [0.25, 0.3) is 0 Å². The molecule has 4 heteroatoms. The van der Waals surface area contributed by atoms with Gasteiger partial charge in [-0.05, 0) is 36.2 Å². The molecule has 112 valence electrons. The Bertz CT molecular complexity index is 540. The van der Waals surface area contributed by atoms with Crippen LogP contribution in [-0.2, 0) is 6.54 Å². The predicted octanol–water partition coefficient (Wildman–Crippen LogP) is 2.36. The molecular weight excluding hydrogens is 262 g/mol. The minimum Gasteiger partial charge on any atom is -0.387 e. The molecule has 2 aromatic rings. The molecule has 0 bridgehead atoms. The molecule has 2 unspecified atom stereocenters. The first-order chi connectivity index (χ1) is 10.1. The number of hydrogen-bond donors (Lipinski definition) is 2. The molecule has 2 N–H and O–H groups in total. The third-order valence-electron chi connectivity index (χ3n) is 3.58. The van der Waals surface area contributed by atoms with Crippen molar-refractivity contribution < 1.29 is 5.11 Å². The second kappa shape index (κ2) is 7.20. The molecule has 0 aliphatic heterocycles. The molecule has 0 radical (unpaired) electrons. The van der Waals surface area contributed by atoms with Crippen LogP contribution in [0.5, 0.6) is 0 Å². The molecular formula is C17H23N3O. The summed E-state index contributed by atoms with van der Waals surface area (Å²) in [6.07, 6.45) is 3.06. The third kappa shape index (κ3) is 4.28. The minimum atomic E-state index is -0.530. The lowest BCUT2D eigenvalue weighted by Crippen LogP contribution is -2.31. The molecule has 4 nitrogen and oxygen atoms in total. The molecule has 0 aliphatic carbocycles. The van der Waals surface area contributed by atoms with Crippen LogP contribution in [0.3, 0.4) is 0 Å². The van der Waals surface area contributed by atoms with E-state index < -0.39 is 6.10 Å². The smallest absolute Gasteiger partial charge is 0.0940 e. The first-order valence-electron chi connectivity index (χ1n) is 7.15. The molecule has 2 atom stereocenters. The lowest BCUT2D eigenvalue weighted by Gasteiger charge is -2.21. The molecule has 0 spiro atoms. The topological polar surface area (TPSA) is 48.4 Å². The summed E-state index contributed by atoms with van der Waals surface area (Å²) < 4.78 is 0. The fourth-order valence-corrected chi connectivity index (χ4v) is 2.15. The van der Waals surface area contributed by atoms with Gasteiger partial charge in [-0.1, -0.05) is 18.2 Å². The van der Waals surface area contributed by atoms with Crippen LogP contribution in [0.25, 0.3) is 0 Å². The number of benzene rings is 1. The van der Waals surface area contributed by atoms with Gasteiger partial charge in [0.1, 0.15) is 0 Å². The normalized spacial score (nSPS) is 13.7. The summed E-state index contributed by atoms with van der Waals surface area (Å²) in [6.45, 7) is 2.68. The van der Waals surface area contributed by atoms with Gasteiger partial charge >= 0.3 is 0 Å². The van der Waals surface area contributed by atoms with Crippen LogP contribution in [0.1, 0.15) is 24.2 Å². The van der Waals surface area contributed by atoms with Crippen LogP contribution < -0.4 is 10.2 Å². The number of nitrogens with zero attached hydrogens (tertiary/aromatic N) is 2. The van der Waals surface area contributed by atoms with Gasteiger partial charge in [-0.2, -0.15) is 0 Å². The lowest BCUT2D eigenvalue weighted by atomic mass is 10.0. The number of nitrogens with one attached hydrogen (secondary N) is 1. The molecule has 0 fully saturated rings.